The number of carbonyl (C=O) groups is 1. The second kappa shape index (κ2) is 4.78. The fraction of sp³-hybridized carbons (Fsp3) is 0.857. The van der Waals surface area contributed by atoms with Gasteiger partial charge in [-0.05, 0) is 0 Å². The van der Waals surface area contributed by atoms with Gasteiger partial charge in [-0.3, -0.25) is 5.26 Å². The minimum Gasteiger partial charge on any atom is -0.388 e. The summed E-state index contributed by atoms with van der Waals surface area (Å²) in [4.78, 5) is 14.4. The third-order valence-corrected chi connectivity index (χ3v) is 2.21. The van der Waals surface area contributed by atoms with Crippen LogP contribution in [0.1, 0.15) is 0 Å². The lowest BCUT2D eigenvalue weighted by molar-refractivity contribution is -0.342. The van der Waals surface area contributed by atoms with Gasteiger partial charge in [0.25, 0.3) is 0 Å². The van der Waals surface area contributed by atoms with Gasteiger partial charge >= 0.3 is 0 Å². The molecule has 1 aliphatic heterocycles. The summed E-state index contributed by atoms with van der Waals surface area (Å²) >= 11 is 0. The topological polar surface area (TPSA) is 122 Å². The molecule has 14 heavy (non-hydrogen) atoms. The lowest BCUT2D eigenvalue weighted by atomic mass is 9.95. The zero-order valence-corrected chi connectivity index (χ0v) is 7.31. The molecule has 0 aliphatic carbocycles. The van der Waals surface area contributed by atoms with Gasteiger partial charge in [0.15, 0.2) is 12.4 Å². The van der Waals surface area contributed by atoms with E-state index in [1.807, 2.05) is 0 Å². The number of hydrogen-bond donors (Lipinski definition) is 4. The molecule has 5 atom stereocenters. The van der Waals surface area contributed by atoms with E-state index in [1.165, 1.54) is 0 Å². The zero-order valence-electron chi connectivity index (χ0n) is 7.31. The van der Waals surface area contributed by atoms with Crippen molar-refractivity contribution in [2.75, 3.05) is 6.54 Å². The average molecular weight is 207 g/mol. The molecule has 1 heterocycles. The van der Waals surface area contributed by atoms with Crippen LogP contribution in [0.3, 0.4) is 0 Å². The number of aliphatic hydroxyl groups excluding tert-OH is 2. The Kier molecular flexibility index (Phi) is 3.93. The lowest BCUT2D eigenvalue weighted by Gasteiger charge is -2.38. The van der Waals surface area contributed by atoms with Gasteiger partial charge in [-0.2, -0.15) is 0 Å². The summed E-state index contributed by atoms with van der Waals surface area (Å²) in [6, 6.07) is 0. The van der Waals surface area contributed by atoms with Gasteiger partial charge in [0.2, 0.25) is 0 Å². The molecule has 1 fully saturated rings. The molecular weight excluding hydrogens is 194 g/mol. The summed E-state index contributed by atoms with van der Waals surface area (Å²) < 4.78 is 4.98. The summed E-state index contributed by atoms with van der Waals surface area (Å²) in [5.41, 5.74) is 5.24. The van der Waals surface area contributed by atoms with E-state index in [1.54, 1.807) is 0 Å². The molecule has 0 saturated carbocycles. The highest BCUT2D eigenvalue weighted by Crippen LogP contribution is 2.21. The third-order valence-electron chi connectivity index (χ3n) is 2.21. The molecule has 0 aromatic rings. The molecule has 0 bridgehead atoms. The van der Waals surface area contributed by atoms with Crippen molar-refractivity contribution in [1.29, 1.82) is 0 Å². The van der Waals surface area contributed by atoms with Crippen LogP contribution in [0.15, 0.2) is 0 Å². The normalized spacial score (nSPS) is 43.6. The Bertz CT molecular complexity index is 201. The van der Waals surface area contributed by atoms with Crippen molar-refractivity contribution in [2.45, 2.75) is 30.5 Å². The van der Waals surface area contributed by atoms with Crippen LogP contribution in [0.25, 0.3) is 0 Å². The first-order chi connectivity index (χ1) is 6.65. The molecule has 7 nitrogen and oxygen atoms in total. The smallest absolute Gasteiger partial charge is 0.154 e. The van der Waals surface area contributed by atoms with Crippen LogP contribution < -0.4 is 5.73 Å². The van der Waals surface area contributed by atoms with E-state index >= 15 is 0 Å². The van der Waals surface area contributed by atoms with Crippen molar-refractivity contribution in [3.05, 3.63) is 0 Å². The van der Waals surface area contributed by atoms with E-state index in [-0.39, 0.29) is 6.54 Å². The highest BCUT2D eigenvalue weighted by molar-refractivity contribution is 5.57. The number of aliphatic hydroxyl groups is 2. The first kappa shape index (κ1) is 11.5. The molecule has 1 rings (SSSR count). The summed E-state index contributed by atoms with van der Waals surface area (Å²) in [7, 11) is 0. The van der Waals surface area contributed by atoms with E-state index in [0.29, 0.717) is 6.29 Å². The molecule has 5 N–H and O–H groups in total. The molecular formula is C7H13NO6. The quantitative estimate of drug-likeness (QED) is 0.229. The summed E-state index contributed by atoms with van der Waals surface area (Å²) in [6.07, 6.45) is -5.58. The van der Waals surface area contributed by atoms with Gasteiger partial charge in [0.1, 0.15) is 18.3 Å². The summed E-state index contributed by atoms with van der Waals surface area (Å²) in [5, 5.41) is 27.2. The van der Waals surface area contributed by atoms with E-state index < -0.39 is 30.5 Å². The van der Waals surface area contributed by atoms with Gasteiger partial charge in [0.05, 0.1) is 6.10 Å². The Hall–Kier alpha value is -0.570. The molecule has 1 saturated heterocycles. The monoisotopic (exact) mass is 207 g/mol. The fourth-order valence-electron chi connectivity index (χ4n) is 1.40. The van der Waals surface area contributed by atoms with Gasteiger partial charge in [-0.15, -0.1) is 0 Å². The Morgan fingerprint density at radius 2 is 2.07 bits per heavy atom. The molecule has 0 aromatic heterocycles. The number of ether oxygens (including phenoxy) is 1. The van der Waals surface area contributed by atoms with Crippen molar-refractivity contribution >= 4 is 6.29 Å². The van der Waals surface area contributed by atoms with Crippen molar-refractivity contribution in [2.24, 2.45) is 5.73 Å². The van der Waals surface area contributed by atoms with Gasteiger partial charge < -0.3 is 25.5 Å². The second-order valence-corrected chi connectivity index (χ2v) is 3.06. The third kappa shape index (κ3) is 1.92. The average Bonchev–Trinajstić information content (AvgIpc) is 2.21. The van der Waals surface area contributed by atoms with E-state index in [2.05, 4.69) is 4.89 Å². The van der Waals surface area contributed by atoms with Crippen LogP contribution in [0, 0.1) is 0 Å². The van der Waals surface area contributed by atoms with E-state index in [0.717, 1.165) is 0 Å². The molecule has 0 amide bonds. The lowest BCUT2D eigenvalue weighted by Crippen LogP contribution is -2.60. The molecule has 82 valence electrons. The maximum Gasteiger partial charge on any atom is 0.154 e. The van der Waals surface area contributed by atoms with Crippen molar-refractivity contribution < 1.29 is 29.9 Å². The van der Waals surface area contributed by atoms with Crippen LogP contribution in [0.4, 0.5) is 0 Å². The Morgan fingerprint density at radius 1 is 1.43 bits per heavy atom. The van der Waals surface area contributed by atoms with Crippen molar-refractivity contribution in [3.8, 4) is 0 Å². The molecule has 5 unspecified atom stereocenters. The molecule has 1 aliphatic rings. The highest BCUT2D eigenvalue weighted by atomic mass is 17.1. The van der Waals surface area contributed by atoms with Crippen LogP contribution in [0.5, 0.6) is 0 Å². The van der Waals surface area contributed by atoms with Gasteiger partial charge in [0, 0.05) is 6.54 Å². The van der Waals surface area contributed by atoms with Crippen LogP contribution >= 0.6 is 0 Å². The number of hydrogen-bond acceptors (Lipinski definition) is 7. The standard InChI is InChI=1S/C7H13NO6/c8-1-3-5(10)6(11)7(14-12)4(2-9)13-3/h2-7,10-12H,1,8H2. The second-order valence-electron chi connectivity index (χ2n) is 3.06. The first-order valence-electron chi connectivity index (χ1n) is 4.12. The maximum atomic E-state index is 10.5. The number of rotatable bonds is 3. The minimum absolute atomic E-state index is 0.0410. The van der Waals surface area contributed by atoms with E-state index in [4.69, 9.17) is 15.7 Å². The first-order valence-corrected chi connectivity index (χ1v) is 4.12. The van der Waals surface area contributed by atoms with Gasteiger partial charge in [-0.25, -0.2) is 4.89 Å². The number of aldehydes is 1. The minimum atomic E-state index is -1.41. The molecule has 0 radical (unpaired) electrons. The Labute approximate surface area is 80.0 Å². The summed E-state index contributed by atoms with van der Waals surface area (Å²) in [5.74, 6) is 0. The predicted octanol–water partition coefficient (Wildman–Crippen LogP) is -2.51. The largest absolute Gasteiger partial charge is 0.388 e. The summed E-state index contributed by atoms with van der Waals surface area (Å²) in [6.45, 7) is -0.0410. The van der Waals surface area contributed by atoms with Crippen LogP contribution in [0.2, 0.25) is 0 Å². The zero-order chi connectivity index (χ0) is 10.7. The fourth-order valence-corrected chi connectivity index (χ4v) is 1.40. The van der Waals surface area contributed by atoms with Crippen LogP contribution in [-0.2, 0) is 14.4 Å². The van der Waals surface area contributed by atoms with E-state index in [9.17, 15) is 15.0 Å². The Balaban J connectivity index is 2.76. The molecule has 0 aromatic carbocycles. The van der Waals surface area contributed by atoms with Crippen molar-refractivity contribution in [1.82, 2.24) is 0 Å². The Morgan fingerprint density at radius 3 is 2.50 bits per heavy atom. The SMILES string of the molecule is NCC1OC(C=O)C(OO)C(O)C1O. The maximum absolute atomic E-state index is 10.5. The highest BCUT2D eigenvalue weighted by Gasteiger charge is 2.45. The number of nitrogens with two attached hydrogens (primary N) is 1. The number of carbonyl (C=O) groups excluding carboxylic acids is 1. The van der Waals surface area contributed by atoms with Crippen molar-refractivity contribution in [3.63, 3.8) is 0 Å². The molecule has 0 spiro atoms. The van der Waals surface area contributed by atoms with Crippen LogP contribution in [-0.4, -0.2) is 58.8 Å². The predicted molar refractivity (Wildman–Crippen MR) is 43.3 cm³/mol. The molecule has 7 heteroatoms. The van der Waals surface area contributed by atoms with Gasteiger partial charge in [-0.1, -0.05) is 0 Å².